The Kier molecular flexibility index (Phi) is 4.50. The molecular formula is C10H16N4O2. The summed E-state index contributed by atoms with van der Waals surface area (Å²) in [5.74, 6) is 0.884. The van der Waals surface area contributed by atoms with Crippen LogP contribution in [0.4, 0.5) is 11.6 Å². The van der Waals surface area contributed by atoms with E-state index in [1.807, 2.05) is 11.9 Å². The summed E-state index contributed by atoms with van der Waals surface area (Å²) in [5.41, 5.74) is 5.52. The number of esters is 1. The fourth-order valence-corrected chi connectivity index (χ4v) is 1.23. The number of nitrogens with zero attached hydrogens (tertiary/aromatic N) is 3. The van der Waals surface area contributed by atoms with Crippen molar-refractivity contribution in [2.24, 2.45) is 0 Å². The van der Waals surface area contributed by atoms with E-state index in [9.17, 15) is 4.79 Å². The molecule has 0 aromatic carbocycles. The lowest BCUT2D eigenvalue weighted by atomic mass is 10.3. The summed E-state index contributed by atoms with van der Waals surface area (Å²) in [6.45, 7) is 0.702. The molecule has 0 aliphatic rings. The first-order valence-corrected chi connectivity index (χ1v) is 4.99. The lowest BCUT2D eigenvalue weighted by Crippen LogP contribution is -2.21. The number of nitrogen functional groups attached to an aromatic ring is 1. The van der Waals surface area contributed by atoms with Crippen LogP contribution in [0.15, 0.2) is 12.4 Å². The number of aromatic nitrogens is 2. The number of hydrogen-bond acceptors (Lipinski definition) is 6. The Morgan fingerprint density at radius 2 is 2.31 bits per heavy atom. The van der Waals surface area contributed by atoms with E-state index in [1.165, 1.54) is 13.3 Å². The van der Waals surface area contributed by atoms with Crippen LogP contribution in [-0.2, 0) is 9.53 Å². The van der Waals surface area contributed by atoms with Gasteiger partial charge in [-0.3, -0.25) is 9.78 Å². The second-order valence-electron chi connectivity index (χ2n) is 3.40. The maximum Gasteiger partial charge on any atom is 0.305 e. The molecular weight excluding hydrogens is 208 g/mol. The van der Waals surface area contributed by atoms with Crippen molar-refractivity contribution in [1.29, 1.82) is 0 Å². The van der Waals surface area contributed by atoms with Crippen LogP contribution in [0.5, 0.6) is 0 Å². The summed E-state index contributed by atoms with van der Waals surface area (Å²) < 4.78 is 4.55. The van der Waals surface area contributed by atoms with Crippen LogP contribution in [0.25, 0.3) is 0 Å². The Labute approximate surface area is 94.4 Å². The molecule has 6 heteroatoms. The zero-order valence-electron chi connectivity index (χ0n) is 9.51. The van der Waals surface area contributed by atoms with Gasteiger partial charge >= 0.3 is 5.97 Å². The molecule has 16 heavy (non-hydrogen) atoms. The molecule has 1 heterocycles. The van der Waals surface area contributed by atoms with Gasteiger partial charge in [0.2, 0.25) is 0 Å². The van der Waals surface area contributed by atoms with Gasteiger partial charge < -0.3 is 15.4 Å². The van der Waals surface area contributed by atoms with Crippen LogP contribution in [0.3, 0.4) is 0 Å². The maximum absolute atomic E-state index is 10.9. The van der Waals surface area contributed by atoms with Crippen molar-refractivity contribution in [2.75, 3.05) is 31.3 Å². The van der Waals surface area contributed by atoms with Crippen LogP contribution >= 0.6 is 0 Å². The van der Waals surface area contributed by atoms with E-state index in [2.05, 4.69) is 14.7 Å². The molecule has 0 fully saturated rings. The minimum Gasteiger partial charge on any atom is -0.469 e. The minimum absolute atomic E-state index is 0.202. The van der Waals surface area contributed by atoms with Crippen LogP contribution in [0, 0.1) is 0 Å². The van der Waals surface area contributed by atoms with E-state index in [-0.39, 0.29) is 5.97 Å². The number of carbonyl (C=O) groups is 1. The Morgan fingerprint density at radius 1 is 1.56 bits per heavy atom. The van der Waals surface area contributed by atoms with E-state index >= 15 is 0 Å². The van der Waals surface area contributed by atoms with Gasteiger partial charge in [-0.2, -0.15) is 0 Å². The van der Waals surface area contributed by atoms with Gasteiger partial charge in [0, 0.05) is 20.0 Å². The zero-order chi connectivity index (χ0) is 12.0. The van der Waals surface area contributed by atoms with Crippen molar-refractivity contribution in [3.8, 4) is 0 Å². The van der Waals surface area contributed by atoms with Crippen molar-refractivity contribution in [3.05, 3.63) is 12.4 Å². The van der Waals surface area contributed by atoms with Crippen molar-refractivity contribution in [1.82, 2.24) is 9.97 Å². The van der Waals surface area contributed by atoms with Gasteiger partial charge in [0.05, 0.1) is 19.5 Å². The van der Waals surface area contributed by atoms with E-state index in [1.54, 1.807) is 6.20 Å². The van der Waals surface area contributed by atoms with Gasteiger partial charge in [-0.05, 0) is 6.42 Å². The molecule has 0 spiro atoms. The van der Waals surface area contributed by atoms with Crippen LogP contribution < -0.4 is 10.6 Å². The fraction of sp³-hybridized carbons (Fsp3) is 0.500. The molecule has 0 bridgehead atoms. The van der Waals surface area contributed by atoms with Crippen molar-refractivity contribution < 1.29 is 9.53 Å². The lowest BCUT2D eigenvalue weighted by Gasteiger charge is -2.17. The van der Waals surface area contributed by atoms with Crippen LogP contribution in [-0.4, -0.2) is 36.6 Å². The second-order valence-corrected chi connectivity index (χ2v) is 3.40. The molecule has 0 atom stereocenters. The first kappa shape index (κ1) is 12.2. The molecule has 1 rings (SSSR count). The molecule has 0 aliphatic heterocycles. The van der Waals surface area contributed by atoms with E-state index in [0.717, 1.165) is 0 Å². The third-order valence-electron chi connectivity index (χ3n) is 2.13. The molecule has 0 saturated carbocycles. The molecule has 2 N–H and O–H groups in total. The summed E-state index contributed by atoms with van der Waals surface area (Å²) in [4.78, 5) is 20.9. The first-order chi connectivity index (χ1) is 7.63. The SMILES string of the molecule is COC(=O)CCCN(C)c1cncc(N)n1. The highest BCUT2D eigenvalue weighted by Gasteiger charge is 2.05. The molecule has 0 saturated heterocycles. The number of nitrogens with two attached hydrogens (primary N) is 1. The molecule has 88 valence electrons. The van der Waals surface area contributed by atoms with Gasteiger partial charge in [-0.15, -0.1) is 0 Å². The highest BCUT2D eigenvalue weighted by atomic mass is 16.5. The Bertz CT molecular complexity index is 356. The Balaban J connectivity index is 2.40. The first-order valence-electron chi connectivity index (χ1n) is 4.99. The number of hydrogen-bond donors (Lipinski definition) is 1. The Hall–Kier alpha value is -1.85. The summed E-state index contributed by atoms with van der Waals surface area (Å²) in [7, 11) is 3.26. The number of methoxy groups -OCH3 is 1. The quantitative estimate of drug-likeness (QED) is 0.731. The van der Waals surface area contributed by atoms with Gasteiger partial charge in [0.1, 0.15) is 11.6 Å². The van der Waals surface area contributed by atoms with Gasteiger partial charge in [0.25, 0.3) is 0 Å². The monoisotopic (exact) mass is 224 g/mol. The van der Waals surface area contributed by atoms with E-state index in [0.29, 0.717) is 31.0 Å². The molecule has 0 aliphatic carbocycles. The normalized spacial score (nSPS) is 9.88. The topological polar surface area (TPSA) is 81.3 Å². The van der Waals surface area contributed by atoms with Crippen molar-refractivity contribution >= 4 is 17.6 Å². The predicted octanol–water partition coefficient (Wildman–Crippen LogP) is 0.448. The Morgan fingerprint density at radius 3 is 2.94 bits per heavy atom. The third-order valence-corrected chi connectivity index (χ3v) is 2.13. The standard InChI is InChI=1S/C10H16N4O2/c1-14(5-3-4-10(15)16-2)9-7-12-6-8(11)13-9/h6-7H,3-5H2,1-2H3,(H2,11,13). The summed E-state index contributed by atoms with van der Waals surface area (Å²) in [5, 5.41) is 0. The lowest BCUT2D eigenvalue weighted by molar-refractivity contribution is -0.140. The van der Waals surface area contributed by atoms with E-state index in [4.69, 9.17) is 5.73 Å². The predicted molar refractivity (Wildman–Crippen MR) is 61.0 cm³/mol. The average molecular weight is 224 g/mol. The van der Waals surface area contributed by atoms with Gasteiger partial charge in [-0.25, -0.2) is 4.98 Å². The number of rotatable bonds is 5. The third kappa shape index (κ3) is 3.72. The molecule has 0 radical (unpaired) electrons. The van der Waals surface area contributed by atoms with Crippen molar-refractivity contribution in [2.45, 2.75) is 12.8 Å². The maximum atomic E-state index is 10.9. The van der Waals surface area contributed by atoms with Crippen LogP contribution in [0.2, 0.25) is 0 Å². The summed E-state index contributed by atoms with van der Waals surface area (Å²) in [6.07, 6.45) is 4.23. The second kappa shape index (κ2) is 5.89. The van der Waals surface area contributed by atoms with Crippen LogP contribution in [0.1, 0.15) is 12.8 Å². The molecule has 6 nitrogen and oxygen atoms in total. The smallest absolute Gasteiger partial charge is 0.305 e. The molecule has 1 aromatic heterocycles. The largest absolute Gasteiger partial charge is 0.469 e. The highest BCUT2D eigenvalue weighted by molar-refractivity contribution is 5.69. The number of carbonyl (C=O) groups excluding carboxylic acids is 1. The molecule has 0 unspecified atom stereocenters. The fourth-order valence-electron chi connectivity index (χ4n) is 1.23. The van der Waals surface area contributed by atoms with Gasteiger partial charge in [-0.1, -0.05) is 0 Å². The summed E-state index contributed by atoms with van der Waals surface area (Å²) in [6, 6.07) is 0. The number of anilines is 2. The highest BCUT2D eigenvalue weighted by Crippen LogP contribution is 2.09. The number of ether oxygens (including phenoxy) is 1. The minimum atomic E-state index is -0.202. The molecule has 1 aromatic rings. The molecule has 0 amide bonds. The average Bonchev–Trinajstić information content (AvgIpc) is 2.28. The van der Waals surface area contributed by atoms with Gasteiger partial charge in [0.15, 0.2) is 0 Å². The van der Waals surface area contributed by atoms with Crippen molar-refractivity contribution in [3.63, 3.8) is 0 Å². The van der Waals surface area contributed by atoms with E-state index < -0.39 is 0 Å². The zero-order valence-corrected chi connectivity index (χ0v) is 9.51. The summed E-state index contributed by atoms with van der Waals surface area (Å²) >= 11 is 0.